The van der Waals surface area contributed by atoms with Crippen LogP contribution in [0.4, 0.5) is 0 Å². The van der Waals surface area contributed by atoms with Crippen LogP contribution < -0.4 is 0 Å². The van der Waals surface area contributed by atoms with Crippen molar-refractivity contribution in [3.05, 3.63) is 0 Å². The highest BCUT2D eigenvalue weighted by molar-refractivity contribution is 6.76. The van der Waals surface area contributed by atoms with Gasteiger partial charge in [-0.3, -0.25) is 4.79 Å². The van der Waals surface area contributed by atoms with E-state index >= 15 is 0 Å². The van der Waals surface area contributed by atoms with E-state index in [9.17, 15) is 4.79 Å². The standard InChI is InChI=1S/C10H22O2Si/c1-10(2,3)8(9(11)12)7-13(4,5)6/h8H,7H2,1-6H3,(H,11,12). The molecule has 78 valence electrons. The Labute approximate surface area is 82.4 Å². The van der Waals surface area contributed by atoms with E-state index in [1.165, 1.54) is 0 Å². The highest BCUT2D eigenvalue weighted by Gasteiger charge is 2.34. The number of carboxylic acid groups (broad SMARTS) is 1. The number of carbonyl (C=O) groups is 1. The lowest BCUT2D eigenvalue weighted by molar-refractivity contribution is -0.144. The number of rotatable bonds is 3. The molecule has 3 heteroatoms. The van der Waals surface area contributed by atoms with E-state index in [1.807, 2.05) is 20.8 Å². The maximum Gasteiger partial charge on any atom is 0.306 e. The molecule has 0 aromatic carbocycles. The molecule has 0 aliphatic carbocycles. The molecule has 0 heterocycles. The Hall–Kier alpha value is -0.313. The van der Waals surface area contributed by atoms with Gasteiger partial charge in [-0.05, 0) is 11.5 Å². The molecule has 2 nitrogen and oxygen atoms in total. The van der Waals surface area contributed by atoms with Crippen molar-refractivity contribution in [2.24, 2.45) is 11.3 Å². The SMILES string of the molecule is CC(C)(C)C(C[Si](C)(C)C)C(=O)O. The Kier molecular flexibility index (Phi) is 3.73. The molecule has 0 aromatic heterocycles. The molecule has 0 radical (unpaired) electrons. The Balaban J connectivity index is 4.56. The van der Waals surface area contributed by atoms with E-state index in [0.29, 0.717) is 0 Å². The zero-order valence-electron chi connectivity index (χ0n) is 9.64. The van der Waals surface area contributed by atoms with Gasteiger partial charge in [0, 0.05) is 8.07 Å². The topological polar surface area (TPSA) is 37.3 Å². The fourth-order valence-electron chi connectivity index (χ4n) is 1.38. The van der Waals surface area contributed by atoms with Gasteiger partial charge in [0.2, 0.25) is 0 Å². The monoisotopic (exact) mass is 202 g/mol. The van der Waals surface area contributed by atoms with Crippen molar-refractivity contribution in [1.29, 1.82) is 0 Å². The summed E-state index contributed by atoms with van der Waals surface area (Å²) in [6.07, 6.45) is 0. The first kappa shape index (κ1) is 12.7. The molecule has 0 saturated heterocycles. The second-order valence-corrected chi connectivity index (χ2v) is 11.6. The molecule has 1 atom stereocenters. The van der Waals surface area contributed by atoms with Crippen molar-refractivity contribution in [3.8, 4) is 0 Å². The zero-order valence-corrected chi connectivity index (χ0v) is 10.6. The molecule has 0 amide bonds. The van der Waals surface area contributed by atoms with Gasteiger partial charge in [0.1, 0.15) is 0 Å². The molecule has 0 spiro atoms. The third-order valence-electron chi connectivity index (χ3n) is 2.16. The summed E-state index contributed by atoms with van der Waals surface area (Å²) >= 11 is 0. The van der Waals surface area contributed by atoms with Crippen molar-refractivity contribution in [2.75, 3.05) is 0 Å². The Morgan fingerprint density at radius 3 is 1.77 bits per heavy atom. The summed E-state index contributed by atoms with van der Waals surface area (Å²) in [6.45, 7) is 12.7. The van der Waals surface area contributed by atoms with E-state index in [-0.39, 0.29) is 11.3 Å². The zero-order chi connectivity index (χ0) is 10.9. The Morgan fingerprint density at radius 1 is 1.31 bits per heavy atom. The molecule has 0 aliphatic rings. The summed E-state index contributed by atoms with van der Waals surface area (Å²) in [7, 11) is -1.27. The van der Waals surface area contributed by atoms with Crippen LogP contribution in [0.1, 0.15) is 20.8 Å². The fourth-order valence-corrected chi connectivity index (χ4v) is 3.39. The lowest BCUT2D eigenvalue weighted by atomic mass is 9.82. The highest BCUT2D eigenvalue weighted by Crippen LogP contribution is 2.33. The maximum absolute atomic E-state index is 11.0. The summed E-state index contributed by atoms with van der Waals surface area (Å²) in [5.74, 6) is -0.839. The molecular formula is C10H22O2Si. The van der Waals surface area contributed by atoms with Crippen molar-refractivity contribution < 1.29 is 9.90 Å². The second kappa shape index (κ2) is 3.82. The van der Waals surface area contributed by atoms with E-state index in [1.54, 1.807) is 0 Å². The number of hydrogen-bond acceptors (Lipinski definition) is 1. The van der Waals surface area contributed by atoms with Crippen molar-refractivity contribution >= 4 is 14.0 Å². The molecule has 0 fully saturated rings. The minimum absolute atomic E-state index is 0.119. The lowest BCUT2D eigenvalue weighted by Crippen LogP contribution is -2.35. The number of hydrogen-bond donors (Lipinski definition) is 1. The molecule has 0 rings (SSSR count). The second-order valence-electron chi connectivity index (χ2n) is 6.02. The summed E-state index contributed by atoms with van der Waals surface area (Å²) in [5.41, 5.74) is -0.119. The molecule has 13 heavy (non-hydrogen) atoms. The first-order valence-corrected chi connectivity index (χ1v) is 8.47. The third kappa shape index (κ3) is 5.08. The quantitative estimate of drug-likeness (QED) is 0.714. The summed E-state index contributed by atoms with van der Waals surface area (Å²) in [4.78, 5) is 11.0. The van der Waals surface area contributed by atoms with Crippen LogP contribution in [-0.4, -0.2) is 19.1 Å². The molecular weight excluding hydrogens is 180 g/mol. The Bertz CT molecular complexity index is 186. The summed E-state index contributed by atoms with van der Waals surface area (Å²) < 4.78 is 0. The predicted octanol–water partition coefficient (Wildman–Crippen LogP) is 3.07. The van der Waals surface area contributed by atoms with E-state index in [0.717, 1.165) is 6.04 Å². The van der Waals surface area contributed by atoms with Crippen molar-refractivity contribution in [1.82, 2.24) is 0 Å². The first-order valence-electron chi connectivity index (χ1n) is 4.77. The minimum atomic E-state index is -1.27. The molecule has 0 aliphatic heterocycles. The number of aliphatic carboxylic acids is 1. The van der Waals surface area contributed by atoms with Gasteiger partial charge in [0.15, 0.2) is 0 Å². The average Bonchev–Trinajstić information content (AvgIpc) is 1.77. The van der Waals surface area contributed by atoms with Crippen LogP contribution in [0.2, 0.25) is 25.7 Å². The molecule has 0 saturated carbocycles. The van der Waals surface area contributed by atoms with Gasteiger partial charge >= 0.3 is 5.97 Å². The van der Waals surface area contributed by atoms with Crippen LogP contribution in [0.3, 0.4) is 0 Å². The van der Waals surface area contributed by atoms with E-state index in [2.05, 4.69) is 19.6 Å². The number of carboxylic acids is 1. The summed E-state index contributed by atoms with van der Waals surface area (Å²) in [6, 6.07) is 0.867. The highest BCUT2D eigenvalue weighted by atomic mass is 28.3. The fraction of sp³-hybridized carbons (Fsp3) is 0.900. The van der Waals surface area contributed by atoms with Gasteiger partial charge in [-0.15, -0.1) is 0 Å². The molecule has 0 bridgehead atoms. The predicted molar refractivity (Wildman–Crippen MR) is 58.7 cm³/mol. The van der Waals surface area contributed by atoms with Crippen molar-refractivity contribution in [2.45, 2.75) is 46.5 Å². The van der Waals surface area contributed by atoms with E-state index < -0.39 is 14.0 Å². The lowest BCUT2D eigenvalue weighted by Gasteiger charge is -2.31. The largest absolute Gasteiger partial charge is 0.481 e. The van der Waals surface area contributed by atoms with Gasteiger partial charge < -0.3 is 5.11 Å². The third-order valence-corrected chi connectivity index (χ3v) is 3.79. The normalized spacial score (nSPS) is 15.5. The smallest absolute Gasteiger partial charge is 0.306 e. The van der Waals surface area contributed by atoms with Crippen LogP contribution in [0.15, 0.2) is 0 Å². The van der Waals surface area contributed by atoms with Gasteiger partial charge in [-0.1, -0.05) is 40.4 Å². The van der Waals surface area contributed by atoms with Crippen molar-refractivity contribution in [3.63, 3.8) is 0 Å². The van der Waals surface area contributed by atoms with Gasteiger partial charge in [-0.2, -0.15) is 0 Å². The first-order chi connectivity index (χ1) is 5.54. The molecule has 0 aromatic rings. The summed E-state index contributed by atoms with van der Waals surface area (Å²) in [5, 5.41) is 9.09. The van der Waals surface area contributed by atoms with Gasteiger partial charge in [0.25, 0.3) is 0 Å². The van der Waals surface area contributed by atoms with Crippen LogP contribution in [0.25, 0.3) is 0 Å². The van der Waals surface area contributed by atoms with Gasteiger partial charge in [0.05, 0.1) is 5.92 Å². The van der Waals surface area contributed by atoms with E-state index in [4.69, 9.17) is 5.11 Å². The van der Waals surface area contributed by atoms with Crippen LogP contribution in [-0.2, 0) is 4.79 Å². The average molecular weight is 202 g/mol. The minimum Gasteiger partial charge on any atom is -0.481 e. The van der Waals surface area contributed by atoms with Crippen LogP contribution in [0.5, 0.6) is 0 Å². The van der Waals surface area contributed by atoms with Gasteiger partial charge in [-0.25, -0.2) is 0 Å². The molecule has 1 unspecified atom stereocenters. The molecule has 1 N–H and O–H groups in total. The Morgan fingerprint density at radius 2 is 1.69 bits per heavy atom. The van der Waals surface area contributed by atoms with Crippen LogP contribution in [0, 0.1) is 11.3 Å². The maximum atomic E-state index is 11.0. The van der Waals surface area contributed by atoms with Crippen LogP contribution >= 0.6 is 0 Å².